The standard InChI is InChI=1S/C11H19NO2/c13-8-10-2-1-4-12(6-10)7-11-3-5-14-9-11/h8,10-11H,1-7,9H2. The molecule has 0 aromatic carbocycles. The average molecular weight is 197 g/mol. The van der Waals surface area contributed by atoms with Crippen molar-refractivity contribution in [2.24, 2.45) is 11.8 Å². The highest BCUT2D eigenvalue weighted by Gasteiger charge is 2.23. The van der Waals surface area contributed by atoms with E-state index >= 15 is 0 Å². The summed E-state index contributed by atoms with van der Waals surface area (Å²) in [5.41, 5.74) is 0. The summed E-state index contributed by atoms with van der Waals surface area (Å²) in [5, 5.41) is 0. The Hall–Kier alpha value is -0.410. The Balaban J connectivity index is 1.76. The normalized spacial score (nSPS) is 34.6. The lowest BCUT2D eigenvalue weighted by Gasteiger charge is -2.31. The Morgan fingerprint density at radius 2 is 2.36 bits per heavy atom. The Bertz CT molecular complexity index is 190. The van der Waals surface area contributed by atoms with Crippen molar-refractivity contribution in [3.8, 4) is 0 Å². The van der Waals surface area contributed by atoms with Crippen molar-refractivity contribution in [1.82, 2.24) is 4.90 Å². The summed E-state index contributed by atoms with van der Waals surface area (Å²) in [4.78, 5) is 13.1. The first-order chi connectivity index (χ1) is 6.88. The zero-order chi connectivity index (χ0) is 9.80. The van der Waals surface area contributed by atoms with Crippen LogP contribution in [0.4, 0.5) is 0 Å². The van der Waals surface area contributed by atoms with Crippen molar-refractivity contribution in [1.29, 1.82) is 0 Å². The van der Waals surface area contributed by atoms with Gasteiger partial charge in [0.1, 0.15) is 6.29 Å². The van der Waals surface area contributed by atoms with E-state index in [0.29, 0.717) is 5.92 Å². The molecular formula is C11H19NO2. The quantitative estimate of drug-likeness (QED) is 0.630. The lowest BCUT2D eigenvalue weighted by atomic mass is 9.98. The highest BCUT2D eigenvalue weighted by atomic mass is 16.5. The van der Waals surface area contributed by atoms with E-state index in [-0.39, 0.29) is 5.92 Å². The Morgan fingerprint density at radius 1 is 1.43 bits per heavy atom. The lowest BCUT2D eigenvalue weighted by Crippen LogP contribution is -2.39. The fourth-order valence-electron chi connectivity index (χ4n) is 2.46. The van der Waals surface area contributed by atoms with Gasteiger partial charge in [-0.3, -0.25) is 0 Å². The van der Waals surface area contributed by atoms with E-state index in [1.165, 1.54) is 19.4 Å². The molecule has 2 atom stereocenters. The number of nitrogens with zero attached hydrogens (tertiary/aromatic N) is 1. The van der Waals surface area contributed by atoms with Crippen LogP contribution in [0.15, 0.2) is 0 Å². The molecule has 2 rings (SSSR count). The van der Waals surface area contributed by atoms with Crippen molar-refractivity contribution in [3.63, 3.8) is 0 Å². The zero-order valence-electron chi connectivity index (χ0n) is 8.65. The number of carbonyl (C=O) groups is 1. The van der Waals surface area contributed by atoms with E-state index in [4.69, 9.17) is 4.74 Å². The third-order valence-corrected chi connectivity index (χ3v) is 3.27. The summed E-state index contributed by atoms with van der Waals surface area (Å²) in [5.74, 6) is 0.992. The molecule has 3 heteroatoms. The van der Waals surface area contributed by atoms with Crippen LogP contribution in [0.1, 0.15) is 19.3 Å². The van der Waals surface area contributed by atoms with Gasteiger partial charge in [-0.25, -0.2) is 0 Å². The summed E-state index contributed by atoms with van der Waals surface area (Å²) in [6, 6.07) is 0. The van der Waals surface area contributed by atoms with Crippen molar-refractivity contribution in [2.45, 2.75) is 19.3 Å². The number of piperidine rings is 1. The monoisotopic (exact) mass is 197 g/mol. The van der Waals surface area contributed by atoms with Gasteiger partial charge in [-0.15, -0.1) is 0 Å². The van der Waals surface area contributed by atoms with Gasteiger partial charge < -0.3 is 14.4 Å². The van der Waals surface area contributed by atoms with Gasteiger partial charge in [0.15, 0.2) is 0 Å². The van der Waals surface area contributed by atoms with E-state index < -0.39 is 0 Å². The molecule has 2 fully saturated rings. The Labute approximate surface area is 85.4 Å². The first kappa shape index (κ1) is 10.1. The molecule has 0 radical (unpaired) electrons. The molecule has 2 unspecified atom stereocenters. The maximum atomic E-state index is 10.7. The van der Waals surface area contributed by atoms with Crippen molar-refractivity contribution >= 4 is 6.29 Å². The van der Waals surface area contributed by atoms with E-state index in [1.54, 1.807) is 0 Å². The number of likely N-dealkylation sites (tertiary alicyclic amines) is 1. The summed E-state index contributed by atoms with van der Waals surface area (Å²) in [6.45, 7) is 5.11. The minimum atomic E-state index is 0.283. The molecule has 2 aliphatic heterocycles. The predicted molar refractivity (Wildman–Crippen MR) is 54.2 cm³/mol. The van der Waals surface area contributed by atoms with Gasteiger partial charge in [-0.05, 0) is 31.7 Å². The fraction of sp³-hybridized carbons (Fsp3) is 0.909. The minimum absolute atomic E-state index is 0.283. The van der Waals surface area contributed by atoms with Gasteiger partial charge in [0.25, 0.3) is 0 Å². The summed E-state index contributed by atoms with van der Waals surface area (Å²) in [7, 11) is 0. The molecule has 14 heavy (non-hydrogen) atoms. The SMILES string of the molecule is O=CC1CCCN(CC2CCOC2)C1. The largest absolute Gasteiger partial charge is 0.381 e. The van der Waals surface area contributed by atoms with E-state index in [2.05, 4.69) is 4.90 Å². The van der Waals surface area contributed by atoms with Crippen molar-refractivity contribution in [3.05, 3.63) is 0 Å². The van der Waals surface area contributed by atoms with Crippen molar-refractivity contribution < 1.29 is 9.53 Å². The molecule has 80 valence electrons. The summed E-state index contributed by atoms with van der Waals surface area (Å²) in [6.07, 6.45) is 4.58. The number of hydrogen-bond donors (Lipinski definition) is 0. The number of aldehydes is 1. The average Bonchev–Trinajstić information content (AvgIpc) is 2.71. The van der Waals surface area contributed by atoms with Crippen LogP contribution >= 0.6 is 0 Å². The third-order valence-electron chi connectivity index (χ3n) is 3.27. The lowest BCUT2D eigenvalue weighted by molar-refractivity contribution is -0.112. The van der Waals surface area contributed by atoms with Crippen LogP contribution in [-0.4, -0.2) is 44.0 Å². The highest BCUT2D eigenvalue weighted by Crippen LogP contribution is 2.19. The second kappa shape index (κ2) is 4.89. The number of carbonyl (C=O) groups excluding carboxylic acids is 1. The molecule has 0 bridgehead atoms. The zero-order valence-corrected chi connectivity index (χ0v) is 8.65. The van der Waals surface area contributed by atoms with Gasteiger partial charge in [0, 0.05) is 25.6 Å². The van der Waals surface area contributed by atoms with Crippen LogP contribution in [0.5, 0.6) is 0 Å². The Morgan fingerprint density at radius 3 is 3.07 bits per heavy atom. The van der Waals surface area contributed by atoms with Crippen LogP contribution < -0.4 is 0 Å². The molecule has 0 aromatic rings. The molecule has 0 aromatic heterocycles. The fourth-order valence-corrected chi connectivity index (χ4v) is 2.46. The van der Waals surface area contributed by atoms with Crippen LogP contribution in [0.3, 0.4) is 0 Å². The van der Waals surface area contributed by atoms with Gasteiger partial charge in [-0.1, -0.05) is 0 Å². The van der Waals surface area contributed by atoms with E-state index in [1.807, 2.05) is 0 Å². The molecule has 2 saturated heterocycles. The van der Waals surface area contributed by atoms with Crippen LogP contribution in [-0.2, 0) is 9.53 Å². The van der Waals surface area contributed by atoms with Gasteiger partial charge in [0.2, 0.25) is 0 Å². The predicted octanol–water partition coefficient (Wildman–Crippen LogP) is 0.934. The van der Waals surface area contributed by atoms with Crippen LogP contribution in [0, 0.1) is 11.8 Å². The minimum Gasteiger partial charge on any atom is -0.381 e. The van der Waals surface area contributed by atoms with E-state index in [0.717, 1.165) is 39.0 Å². The Kier molecular flexibility index (Phi) is 3.54. The maximum Gasteiger partial charge on any atom is 0.124 e. The first-order valence-corrected chi connectivity index (χ1v) is 5.64. The second-order valence-corrected chi connectivity index (χ2v) is 4.53. The van der Waals surface area contributed by atoms with Gasteiger partial charge in [0.05, 0.1) is 6.61 Å². The second-order valence-electron chi connectivity index (χ2n) is 4.53. The molecule has 0 amide bonds. The van der Waals surface area contributed by atoms with Gasteiger partial charge in [-0.2, -0.15) is 0 Å². The number of hydrogen-bond acceptors (Lipinski definition) is 3. The molecule has 2 heterocycles. The van der Waals surface area contributed by atoms with Gasteiger partial charge >= 0.3 is 0 Å². The third kappa shape index (κ3) is 2.55. The van der Waals surface area contributed by atoms with Crippen molar-refractivity contribution in [2.75, 3.05) is 32.8 Å². The maximum absolute atomic E-state index is 10.7. The smallest absolute Gasteiger partial charge is 0.124 e. The molecule has 3 nitrogen and oxygen atoms in total. The topological polar surface area (TPSA) is 29.5 Å². The van der Waals surface area contributed by atoms with Crippen LogP contribution in [0.25, 0.3) is 0 Å². The summed E-state index contributed by atoms with van der Waals surface area (Å²) < 4.78 is 5.36. The number of rotatable bonds is 3. The number of ether oxygens (including phenoxy) is 1. The molecule has 2 aliphatic rings. The van der Waals surface area contributed by atoms with Crippen LogP contribution in [0.2, 0.25) is 0 Å². The molecule has 0 N–H and O–H groups in total. The first-order valence-electron chi connectivity index (χ1n) is 5.64. The molecular weight excluding hydrogens is 178 g/mol. The molecule has 0 spiro atoms. The van der Waals surface area contributed by atoms with E-state index in [9.17, 15) is 4.79 Å². The summed E-state index contributed by atoms with van der Waals surface area (Å²) >= 11 is 0. The highest BCUT2D eigenvalue weighted by molar-refractivity contribution is 5.53. The molecule has 0 aliphatic carbocycles. The molecule has 0 saturated carbocycles.